The number of methoxy groups -OCH3 is 1. The lowest BCUT2D eigenvalue weighted by Gasteiger charge is -2.34. The lowest BCUT2D eigenvalue weighted by atomic mass is 10.0. The highest BCUT2D eigenvalue weighted by molar-refractivity contribution is 7.92. The topological polar surface area (TPSA) is 139 Å². The molecule has 0 aliphatic rings. The van der Waals surface area contributed by atoms with Gasteiger partial charge in [0.05, 0.1) is 22.6 Å². The van der Waals surface area contributed by atoms with Crippen LogP contribution in [-0.2, 0) is 32.6 Å². The number of rotatable bonds is 15. The predicted octanol–water partition coefficient (Wildman–Crippen LogP) is 5.97. The number of hydrogen-bond acceptors (Lipinski definition) is 7. The van der Waals surface area contributed by atoms with Gasteiger partial charge in [-0.2, -0.15) is 0 Å². The summed E-state index contributed by atoms with van der Waals surface area (Å²) in [6, 6.07) is 25.4. The van der Waals surface area contributed by atoms with E-state index in [0.29, 0.717) is 12.2 Å². The van der Waals surface area contributed by atoms with Gasteiger partial charge in [-0.05, 0) is 68.7 Å². The number of carbonyl (C=O) groups excluding carboxylic acids is 2. The Balaban J connectivity index is 1.85. The molecule has 0 aliphatic heterocycles. The molecule has 0 fully saturated rings. The highest BCUT2D eigenvalue weighted by Gasteiger charge is 2.35. The number of amides is 2. The quantitative estimate of drug-likeness (QED) is 0.120. The van der Waals surface area contributed by atoms with E-state index >= 15 is 0 Å². The summed E-state index contributed by atoms with van der Waals surface area (Å²) >= 11 is 0. The molecule has 0 spiro atoms. The second-order valence-corrected chi connectivity index (χ2v) is 13.8. The molecule has 0 aliphatic carbocycles. The molecule has 2 amide bonds. The predicted molar refractivity (Wildman–Crippen MR) is 189 cm³/mol. The van der Waals surface area contributed by atoms with E-state index in [9.17, 15) is 28.1 Å². The van der Waals surface area contributed by atoms with Crippen molar-refractivity contribution in [2.75, 3.05) is 18.0 Å². The summed E-state index contributed by atoms with van der Waals surface area (Å²) in [5.41, 5.74) is 2.59. The van der Waals surface area contributed by atoms with E-state index in [4.69, 9.17) is 4.74 Å². The molecule has 0 aromatic heterocycles. The number of nitrogens with zero attached hydrogens (tertiary/aromatic N) is 3. The van der Waals surface area contributed by atoms with Gasteiger partial charge in [0, 0.05) is 30.6 Å². The first-order chi connectivity index (χ1) is 23.3. The molecule has 0 saturated heterocycles. The Morgan fingerprint density at radius 2 is 1.59 bits per heavy atom. The van der Waals surface area contributed by atoms with E-state index in [2.05, 4.69) is 5.32 Å². The van der Waals surface area contributed by atoms with Crippen molar-refractivity contribution in [3.8, 4) is 5.75 Å². The summed E-state index contributed by atoms with van der Waals surface area (Å²) < 4.78 is 34.8. The molecule has 12 heteroatoms. The SMILES string of the molecule is CC[C@@H](C)NC(=O)[C@@H](Cc1ccccc1)N(Cc1cccc(C)c1)C(=O)CN(c1ccc(OC)cc1)S(=O)(=O)c1ccc(C)c([N+](=O)[O-])c1. The molecule has 0 heterocycles. The van der Waals surface area contributed by atoms with Crippen LogP contribution < -0.4 is 14.4 Å². The van der Waals surface area contributed by atoms with Gasteiger partial charge in [0.15, 0.2) is 0 Å². The standard InChI is InChI=1S/C37H42N4O7S/c1-6-28(4)38-37(43)35(22-29-12-8-7-9-13-29)39(24-30-14-10-11-26(2)21-30)36(42)25-40(31-16-18-32(48-5)19-17-31)49(46,47)33-20-15-27(3)34(23-33)41(44)45/h7-21,23,28,35H,6,22,24-25H2,1-5H3,(H,38,43)/t28-,35-/m1/s1. The minimum atomic E-state index is -4.54. The van der Waals surface area contributed by atoms with Crippen molar-refractivity contribution in [1.29, 1.82) is 0 Å². The number of nitro benzene ring substituents is 1. The van der Waals surface area contributed by atoms with Crippen molar-refractivity contribution in [2.24, 2.45) is 0 Å². The molecule has 49 heavy (non-hydrogen) atoms. The maximum absolute atomic E-state index is 14.6. The Bertz CT molecular complexity index is 1880. The molecule has 0 unspecified atom stereocenters. The van der Waals surface area contributed by atoms with E-state index in [1.54, 1.807) is 12.1 Å². The van der Waals surface area contributed by atoms with E-state index in [1.165, 1.54) is 43.2 Å². The number of nitrogens with one attached hydrogen (secondary N) is 1. The molecule has 1 N–H and O–H groups in total. The number of hydrogen-bond donors (Lipinski definition) is 1. The second-order valence-electron chi connectivity index (χ2n) is 11.9. The lowest BCUT2D eigenvalue weighted by molar-refractivity contribution is -0.385. The van der Waals surface area contributed by atoms with Crippen LogP contribution in [0.25, 0.3) is 0 Å². The van der Waals surface area contributed by atoms with Crippen LogP contribution in [-0.4, -0.2) is 55.8 Å². The van der Waals surface area contributed by atoms with Gasteiger partial charge in [0.2, 0.25) is 11.8 Å². The van der Waals surface area contributed by atoms with Crippen molar-refractivity contribution >= 4 is 33.2 Å². The summed E-state index contributed by atoms with van der Waals surface area (Å²) in [5.74, 6) is -0.543. The number of carbonyl (C=O) groups is 2. The summed E-state index contributed by atoms with van der Waals surface area (Å²) in [7, 11) is -3.07. The van der Waals surface area contributed by atoms with Gasteiger partial charge >= 0.3 is 0 Å². The normalized spacial score (nSPS) is 12.4. The minimum Gasteiger partial charge on any atom is -0.497 e. The van der Waals surface area contributed by atoms with Crippen molar-refractivity contribution in [3.05, 3.63) is 129 Å². The van der Waals surface area contributed by atoms with Crippen LogP contribution in [0.1, 0.15) is 42.5 Å². The van der Waals surface area contributed by atoms with Crippen molar-refractivity contribution in [2.45, 2.75) is 64.1 Å². The van der Waals surface area contributed by atoms with Gasteiger partial charge in [0.1, 0.15) is 18.3 Å². The Kier molecular flexibility index (Phi) is 12.1. The number of nitro groups is 1. The van der Waals surface area contributed by atoms with Crippen LogP contribution in [0.2, 0.25) is 0 Å². The van der Waals surface area contributed by atoms with E-state index in [1.807, 2.05) is 75.4 Å². The average Bonchev–Trinajstić information content (AvgIpc) is 3.09. The van der Waals surface area contributed by atoms with Gasteiger partial charge in [0.25, 0.3) is 15.7 Å². The van der Waals surface area contributed by atoms with Crippen LogP contribution in [0.4, 0.5) is 11.4 Å². The Morgan fingerprint density at radius 1 is 0.918 bits per heavy atom. The highest BCUT2D eigenvalue weighted by atomic mass is 32.2. The zero-order valence-electron chi connectivity index (χ0n) is 28.3. The van der Waals surface area contributed by atoms with Crippen LogP contribution >= 0.6 is 0 Å². The molecule has 2 atom stereocenters. The fourth-order valence-electron chi connectivity index (χ4n) is 5.35. The number of benzene rings is 4. The highest BCUT2D eigenvalue weighted by Crippen LogP contribution is 2.30. The Hall–Kier alpha value is -5.23. The first-order valence-electron chi connectivity index (χ1n) is 15.9. The fraction of sp³-hybridized carbons (Fsp3) is 0.297. The maximum atomic E-state index is 14.6. The summed E-state index contributed by atoms with van der Waals surface area (Å²) in [5, 5.41) is 14.8. The van der Waals surface area contributed by atoms with E-state index in [0.717, 1.165) is 27.1 Å². The zero-order valence-corrected chi connectivity index (χ0v) is 29.1. The van der Waals surface area contributed by atoms with E-state index in [-0.39, 0.29) is 46.7 Å². The molecule has 4 aromatic carbocycles. The van der Waals surface area contributed by atoms with Crippen LogP contribution in [0.3, 0.4) is 0 Å². The molecule has 0 radical (unpaired) electrons. The third kappa shape index (κ3) is 9.23. The number of sulfonamides is 1. The lowest BCUT2D eigenvalue weighted by Crippen LogP contribution is -2.54. The first kappa shape index (κ1) is 36.6. The van der Waals surface area contributed by atoms with Crippen molar-refractivity contribution < 1.29 is 27.7 Å². The number of anilines is 1. The monoisotopic (exact) mass is 686 g/mol. The zero-order chi connectivity index (χ0) is 35.7. The Morgan fingerprint density at radius 3 is 2.20 bits per heavy atom. The molecule has 0 saturated carbocycles. The van der Waals surface area contributed by atoms with Crippen molar-refractivity contribution in [1.82, 2.24) is 10.2 Å². The largest absolute Gasteiger partial charge is 0.497 e. The van der Waals surface area contributed by atoms with Gasteiger partial charge in [-0.25, -0.2) is 8.42 Å². The van der Waals surface area contributed by atoms with Gasteiger partial charge in [-0.15, -0.1) is 0 Å². The molecular formula is C37H42N4O7S. The van der Waals surface area contributed by atoms with Crippen LogP contribution in [0.15, 0.2) is 102 Å². The average molecular weight is 687 g/mol. The smallest absolute Gasteiger partial charge is 0.273 e. The van der Waals surface area contributed by atoms with Crippen LogP contribution in [0, 0.1) is 24.0 Å². The molecule has 0 bridgehead atoms. The Labute approximate surface area is 287 Å². The minimum absolute atomic E-state index is 0.0262. The summed E-state index contributed by atoms with van der Waals surface area (Å²) in [4.78, 5) is 40.8. The molecule has 4 aromatic rings. The number of aryl methyl sites for hydroxylation is 2. The molecule has 258 valence electrons. The fourth-order valence-corrected chi connectivity index (χ4v) is 6.79. The molecule has 11 nitrogen and oxygen atoms in total. The van der Waals surface area contributed by atoms with Gasteiger partial charge < -0.3 is 15.0 Å². The summed E-state index contributed by atoms with van der Waals surface area (Å²) in [6.07, 6.45) is 0.849. The third-order valence-electron chi connectivity index (χ3n) is 8.31. The second kappa shape index (κ2) is 16.2. The van der Waals surface area contributed by atoms with Gasteiger partial charge in [-0.1, -0.05) is 73.2 Å². The summed E-state index contributed by atoms with van der Waals surface area (Å²) in [6.45, 7) is 6.59. The molecule has 4 rings (SSSR count). The first-order valence-corrected chi connectivity index (χ1v) is 17.4. The maximum Gasteiger partial charge on any atom is 0.273 e. The molecular weight excluding hydrogens is 644 g/mol. The van der Waals surface area contributed by atoms with E-state index < -0.39 is 33.4 Å². The third-order valence-corrected chi connectivity index (χ3v) is 10.1. The van der Waals surface area contributed by atoms with Gasteiger partial charge in [-0.3, -0.25) is 24.0 Å². The number of ether oxygens (including phenoxy) is 1. The van der Waals surface area contributed by atoms with Crippen LogP contribution in [0.5, 0.6) is 5.75 Å². The van der Waals surface area contributed by atoms with Crippen molar-refractivity contribution in [3.63, 3.8) is 0 Å².